The van der Waals surface area contributed by atoms with E-state index >= 15 is 0 Å². The topological polar surface area (TPSA) is 68.0 Å². The van der Waals surface area contributed by atoms with Gasteiger partial charge in [-0.05, 0) is 0 Å². The Morgan fingerprint density at radius 1 is 1.43 bits per heavy atom. The van der Waals surface area contributed by atoms with Crippen LogP contribution in [0.4, 0.5) is 0 Å². The molecule has 0 atom stereocenters. The van der Waals surface area contributed by atoms with Crippen molar-refractivity contribution in [2.45, 2.75) is 0 Å². The first kappa shape index (κ1) is 8.83. The largest absolute Gasteiger partial charge is 0.470 e. The molecule has 0 aliphatic rings. The minimum Gasteiger partial charge on any atom is -0.470 e. The molecule has 0 aliphatic carbocycles. The first-order valence-corrected chi connectivity index (χ1v) is 4.11. The molecule has 0 bridgehead atoms. The highest BCUT2D eigenvalue weighted by Crippen LogP contribution is 2.02. The molecule has 0 amide bonds. The summed E-state index contributed by atoms with van der Waals surface area (Å²) in [7, 11) is 0. The van der Waals surface area contributed by atoms with Crippen molar-refractivity contribution in [1.82, 2.24) is 9.55 Å². The predicted molar refractivity (Wildman–Crippen MR) is 49.9 cm³/mol. The molecule has 1 N–H and O–H groups in total. The number of aromatic amines is 1. The number of hydrogen-bond acceptors (Lipinski definition) is 3. The lowest BCUT2D eigenvalue weighted by Gasteiger charge is -1.98. The van der Waals surface area contributed by atoms with Crippen molar-refractivity contribution in [2.75, 3.05) is 0 Å². The normalized spacial score (nSPS) is 10.4. The van der Waals surface area contributed by atoms with E-state index in [2.05, 4.69) is 4.98 Å². The van der Waals surface area contributed by atoms with E-state index in [9.17, 15) is 9.59 Å². The van der Waals surface area contributed by atoms with Crippen molar-refractivity contribution < 1.29 is 4.42 Å². The van der Waals surface area contributed by atoms with Crippen LogP contribution in [0.1, 0.15) is 0 Å². The number of H-pyrrole nitrogens is 1. The maximum Gasteiger partial charge on any atom is 0.334 e. The number of aromatic nitrogens is 2. The van der Waals surface area contributed by atoms with Crippen molar-refractivity contribution in [1.29, 1.82) is 0 Å². The van der Waals surface area contributed by atoms with Gasteiger partial charge in [0.2, 0.25) is 0 Å². The van der Waals surface area contributed by atoms with Crippen LogP contribution in [0.2, 0.25) is 5.15 Å². The van der Waals surface area contributed by atoms with Crippen molar-refractivity contribution in [3.05, 3.63) is 50.7 Å². The molecular formula is C8H5ClN2O3. The fraction of sp³-hybridized carbons (Fsp3) is 0. The van der Waals surface area contributed by atoms with Crippen molar-refractivity contribution in [3.63, 3.8) is 0 Å². The van der Waals surface area contributed by atoms with Crippen molar-refractivity contribution >= 4 is 11.6 Å². The van der Waals surface area contributed by atoms with Gasteiger partial charge in [0.05, 0.1) is 12.0 Å². The molecule has 5 nitrogen and oxygen atoms in total. The Labute approximate surface area is 82.6 Å². The van der Waals surface area contributed by atoms with Crippen LogP contribution in [0.3, 0.4) is 0 Å². The number of nitrogens with zero attached hydrogens (tertiary/aromatic N) is 1. The van der Waals surface area contributed by atoms with Gasteiger partial charge in [0.25, 0.3) is 5.56 Å². The lowest BCUT2D eigenvalue weighted by molar-refractivity contribution is 0.564. The number of halogens is 1. The van der Waals surface area contributed by atoms with E-state index in [4.69, 9.17) is 16.0 Å². The third kappa shape index (κ3) is 1.38. The van der Waals surface area contributed by atoms with E-state index in [-0.39, 0.29) is 5.15 Å². The molecule has 6 heteroatoms. The second kappa shape index (κ2) is 3.19. The summed E-state index contributed by atoms with van der Waals surface area (Å²) in [5, 5.41) is 0.0137. The Balaban J connectivity index is 2.78. The molecule has 0 unspecified atom stereocenters. The molecule has 0 radical (unpaired) electrons. The van der Waals surface area contributed by atoms with Gasteiger partial charge in [-0.2, -0.15) is 0 Å². The zero-order chi connectivity index (χ0) is 10.1. The third-order valence-corrected chi connectivity index (χ3v) is 1.87. The molecular weight excluding hydrogens is 208 g/mol. The number of furan rings is 1. The highest BCUT2D eigenvalue weighted by molar-refractivity contribution is 6.29. The van der Waals surface area contributed by atoms with Gasteiger partial charge >= 0.3 is 5.69 Å². The van der Waals surface area contributed by atoms with Gasteiger partial charge in [-0.15, -0.1) is 0 Å². The Morgan fingerprint density at radius 3 is 2.79 bits per heavy atom. The van der Waals surface area contributed by atoms with Gasteiger partial charge in [0, 0.05) is 12.1 Å². The lowest BCUT2D eigenvalue weighted by Crippen LogP contribution is -2.32. The maximum absolute atomic E-state index is 11.4. The zero-order valence-corrected chi connectivity index (χ0v) is 7.62. The SMILES string of the molecule is O=c1cc(Cl)[nH]c(=O)n1-c1ccoc1. The molecule has 2 aromatic rings. The number of rotatable bonds is 1. The molecule has 0 aliphatic heterocycles. The summed E-state index contributed by atoms with van der Waals surface area (Å²) in [6.07, 6.45) is 2.67. The van der Waals surface area contributed by atoms with Gasteiger partial charge in [-0.25, -0.2) is 9.36 Å². The van der Waals surface area contributed by atoms with Crippen LogP contribution in [0.5, 0.6) is 0 Å². The van der Waals surface area contributed by atoms with Crippen molar-refractivity contribution in [3.8, 4) is 5.69 Å². The van der Waals surface area contributed by atoms with E-state index in [1.807, 2.05) is 0 Å². The van der Waals surface area contributed by atoms with E-state index < -0.39 is 11.2 Å². The fourth-order valence-electron chi connectivity index (χ4n) is 1.10. The van der Waals surface area contributed by atoms with Crippen LogP contribution in [-0.4, -0.2) is 9.55 Å². The van der Waals surface area contributed by atoms with Gasteiger partial charge < -0.3 is 4.42 Å². The van der Waals surface area contributed by atoms with Gasteiger partial charge in [0.15, 0.2) is 0 Å². The molecule has 0 aromatic carbocycles. The van der Waals surface area contributed by atoms with Gasteiger partial charge in [-0.3, -0.25) is 9.78 Å². The predicted octanol–water partition coefficient (Wildman–Crippen LogP) is 0.772. The molecule has 0 saturated heterocycles. The molecule has 2 heterocycles. The smallest absolute Gasteiger partial charge is 0.334 e. The monoisotopic (exact) mass is 212 g/mol. The molecule has 0 saturated carbocycles. The molecule has 14 heavy (non-hydrogen) atoms. The summed E-state index contributed by atoms with van der Waals surface area (Å²) in [6.45, 7) is 0. The molecule has 72 valence electrons. The molecule has 0 fully saturated rings. The van der Waals surface area contributed by atoms with Crippen LogP contribution in [0, 0.1) is 0 Å². The van der Waals surface area contributed by atoms with Crippen LogP contribution in [0.15, 0.2) is 38.7 Å². The minimum atomic E-state index is -0.594. The summed E-state index contributed by atoms with van der Waals surface area (Å²) in [5.41, 5.74) is -0.725. The first-order chi connectivity index (χ1) is 6.68. The number of nitrogens with one attached hydrogen (secondary N) is 1. The van der Waals surface area contributed by atoms with E-state index in [0.29, 0.717) is 5.69 Å². The maximum atomic E-state index is 11.4. The summed E-state index contributed by atoms with van der Waals surface area (Å²) in [4.78, 5) is 25.0. The summed E-state index contributed by atoms with van der Waals surface area (Å²) in [5.74, 6) is 0. The average molecular weight is 213 g/mol. The zero-order valence-electron chi connectivity index (χ0n) is 6.86. The Bertz CT molecular complexity index is 521. The molecule has 2 aromatic heterocycles. The third-order valence-electron chi connectivity index (χ3n) is 1.66. The van der Waals surface area contributed by atoms with Crippen LogP contribution >= 0.6 is 11.6 Å². The highest BCUT2D eigenvalue weighted by atomic mass is 35.5. The van der Waals surface area contributed by atoms with Crippen LogP contribution in [-0.2, 0) is 0 Å². The average Bonchev–Trinajstić information content (AvgIpc) is 2.54. The Kier molecular flexibility index (Phi) is 2.01. The molecule has 0 spiro atoms. The Morgan fingerprint density at radius 2 is 2.21 bits per heavy atom. The van der Waals surface area contributed by atoms with Crippen LogP contribution in [0.25, 0.3) is 5.69 Å². The minimum absolute atomic E-state index is 0.0137. The lowest BCUT2D eigenvalue weighted by atomic mass is 10.5. The summed E-state index contributed by atoms with van der Waals surface area (Å²) >= 11 is 5.49. The van der Waals surface area contributed by atoms with Gasteiger partial charge in [-0.1, -0.05) is 11.6 Å². The second-order valence-corrected chi connectivity index (χ2v) is 2.98. The quantitative estimate of drug-likeness (QED) is 0.710. The standard InChI is InChI=1S/C8H5ClN2O3/c9-6-3-7(12)11(8(13)10-6)5-1-2-14-4-5/h1-4H,(H,10,13). The van der Waals surface area contributed by atoms with E-state index in [1.54, 1.807) is 0 Å². The number of hydrogen-bond donors (Lipinski definition) is 1. The second-order valence-electron chi connectivity index (χ2n) is 2.58. The summed E-state index contributed by atoms with van der Waals surface area (Å²) in [6, 6.07) is 2.63. The highest BCUT2D eigenvalue weighted by Gasteiger charge is 2.05. The first-order valence-electron chi connectivity index (χ1n) is 3.73. The van der Waals surface area contributed by atoms with Gasteiger partial charge in [0.1, 0.15) is 11.4 Å². The summed E-state index contributed by atoms with van der Waals surface area (Å²) < 4.78 is 5.69. The Hall–Kier alpha value is -1.75. The van der Waals surface area contributed by atoms with Crippen LogP contribution < -0.4 is 11.2 Å². The van der Waals surface area contributed by atoms with Crippen molar-refractivity contribution in [2.24, 2.45) is 0 Å². The van der Waals surface area contributed by atoms with E-state index in [0.717, 1.165) is 10.6 Å². The van der Waals surface area contributed by atoms with E-state index in [1.165, 1.54) is 18.6 Å². The fourth-order valence-corrected chi connectivity index (χ4v) is 1.27. The molecule has 2 rings (SSSR count).